The third kappa shape index (κ3) is 3.64. The van der Waals surface area contributed by atoms with E-state index >= 15 is 0 Å². The van der Waals surface area contributed by atoms with Gasteiger partial charge in [0.05, 0.1) is 24.4 Å². The van der Waals surface area contributed by atoms with Crippen LogP contribution in [0.4, 0.5) is 0 Å². The van der Waals surface area contributed by atoms with Gasteiger partial charge in [-0.25, -0.2) is 0 Å². The predicted molar refractivity (Wildman–Crippen MR) is 106 cm³/mol. The number of benzene rings is 2. The number of hydrogen-bond donors (Lipinski definition) is 1. The lowest BCUT2D eigenvalue weighted by Crippen LogP contribution is -2.43. The number of aromatic nitrogens is 1. The fourth-order valence-corrected chi connectivity index (χ4v) is 3.91. The van der Waals surface area contributed by atoms with E-state index in [1.165, 1.54) is 16.5 Å². The molecule has 1 aromatic heterocycles. The minimum absolute atomic E-state index is 0.111. The second-order valence-electron chi connectivity index (χ2n) is 7.39. The van der Waals surface area contributed by atoms with E-state index in [0.717, 1.165) is 43.7 Å². The summed E-state index contributed by atoms with van der Waals surface area (Å²) in [4.78, 5) is 4.78. The number of nitrogens with one attached hydrogen (secondary N) is 1. The largest absolute Gasteiger partial charge is 0.374 e. The third-order valence-corrected chi connectivity index (χ3v) is 5.48. The first-order valence-electron chi connectivity index (χ1n) is 9.46. The van der Waals surface area contributed by atoms with Crippen LogP contribution in [-0.2, 0) is 16.8 Å². The summed E-state index contributed by atoms with van der Waals surface area (Å²) in [6.07, 6.45) is 2.22. The number of rotatable bonds is 5. The zero-order valence-corrected chi connectivity index (χ0v) is 15.4. The zero-order valence-electron chi connectivity index (χ0n) is 15.4. The van der Waals surface area contributed by atoms with E-state index in [0.29, 0.717) is 6.61 Å². The normalized spacial score (nSPS) is 16.7. The summed E-state index contributed by atoms with van der Waals surface area (Å²) in [6, 6.07) is 21.4. The van der Waals surface area contributed by atoms with Gasteiger partial charge in [-0.1, -0.05) is 48.5 Å². The van der Waals surface area contributed by atoms with Crippen LogP contribution in [0.2, 0.25) is 0 Å². The molecule has 0 atom stereocenters. The predicted octanol–water partition coefficient (Wildman–Crippen LogP) is 4.38. The van der Waals surface area contributed by atoms with Crippen molar-refractivity contribution < 1.29 is 4.74 Å². The van der Waals surface area contributed by atoms with Crippen molar-refractivity contribution in [3.8, 4) is 0 Å². The summed E-state index contributed by atoms with van der Waals surface area (Å²) >= 11 is 0. The van der Waals surface area contributed by atoms with Crippen molar-refractivity contribution in [2.45, 2.75) is 31.8 Å². The molecule has 1 saturated heterocycles. The molecule has 2 heterocycles. The summed E-state index contributed by atoms with van der Waals surface area (Å²) in [5.41, 5.74) is 4.79. The maximum atomic E-state index is 6.21. The van der Waals surface area contributed by atoms with E-state index in [1.807, 2.05) is 0 Å². The molecular weight excluding hydrogens is 320 g/mol. The van der Waals surface area contributed by atoms with Gasteiger partial charge in [0.15, 0.2) is 0 Å². The van der Waals surface area contributed by atoms with Gasteiger partial charge in [-0.2, -0.15) is 0 Å². The number of piperidine rings is 1. The molecule has 3 nitrogen and oxygen atoms in total. The van der Waals surface area contributed by atoms with Crippen molar-refractivity contribution >= 4 is 10.9 Å². The lowest BCUT2D eigenvalue weighted by Gasteiger charge is -2.38. The lowest BCUT2D eigenvalue weighted by atomic mass is 9.74. The average Bonchev–Trinajstić information content (AvgIpc) is 2.69. The van der Waals surface area contributed by atoms with E-state index < -0.39 is 0 Å². The molecule has 2 aromatic carbocycles. The van der Waals surface area contributed by atoms with Crippen molar-refractivity contribution in [2.75, 3.05) is 19.7 Å². The second kappa shape index (κ2) is 7.56. The summed E-state index contributed by atoms with van der Waals surface area (Å²) in [6.45, 7) is 5.50. The highest BCUT2D eigenvalue weighted by molar-refractivity contribution is 5.79. The average molecular weight is 346 g/mol. The highest BCUT2D eigenvalue weighted by Gasteiger charge is 2.34. The quantitative estimate of drug-likeness (QED) is 0.744. The highest BCUT2D eigenvalue weighted by Crippen LogP contribution is 2.34. The minimum atomic E-state index is 0.111. The topological polar surface area (TPSA) is 34.1 Å². The molecule has 0 spiro atoms. The second-order valence-corrected chi connectivity index (χ2v) is 7.39. The van der Waals surface area contributed by atoms with Crippen molar-refractivity contribution in [1.29, 1.82) is 0 Å². The van der Waals surface area contributed by atoms with Gasteiger partial charge in [0, 0.05) is 10.8 Å². The Labute approximate surface area is 155 Å². The Balaban J connectivity index is 1.48. The molecule has 1 aliphatic rings. The molecule has 3 aromatic rings. The summed E-state index contributed by atoms with van der Waals surface area (Å²) in [5.74, 6) is 0. The first-order valence-corrected chi connectivity index (χ1v) is 9.46. The summed E-state index contributed by atoms with van der Waals surface area (Å²) < 4.78 is 6.21. The monoisotopic (exact) mass is 346 g/mol. The minimum Gasteiger partial charge on any atom is -0.374 e. The van der Waals surface area contributed by atoms with Crippen LogP contribution >= 0.6 is 0 Å². The van der Waals surface area contributed by atoms with E-state index in [4.69, 9.17) is 9.72 Å². The molecule has 0 aliphatic carbocycles. The Morgan fingerprint density at radius 2 is 1.77 bits per heavy atom. The first kappa shape index (κ1) is 17.2. The Kier molecular flexibility index (Phi) is 5.00. The fraction of sp³-hybridized carbons (Fsp3) is 0.348. The number of nitrogens with zero attached hydrogens (tertiary/aromatic N) is 1. The van der Waals surface area contributed by atoms with Crippen molar-refractivity contribution in [1.82, 2.24) is 10.3 Å². The number of hydrogen-bond acceptors (Lipinski definition) is 3. The maximum Gasteiger partial charge on any atom is 0.0888 e. The van der Waals surface area contributed by atoms with E-state index in [1.54, 1.807) is 0 Å². The van der Waals surface area contributed by atoms with Crippen molar-refractivity contribution in [2.24, 2.45) is 0 Å². The Bertz CT molecular complexity index is 870. The maximum absolute atomic E-state index is 6.21. The van der Waals surface area contributed by atoms with Gasteiger partial charge < -0.3 is 10.1 Å². The van der Waals surface area contributed by atoms with Crippen LogP contribution < -0.4 is 5.32 Å². The molecule has 4 rings (SSSR count). The van der Waals surface area contributed by atoms with Gasteiger partial charge in [-0.3, -0.25) is 4.98 Å². The van der Waals surface area contributed by atoms with Gasteiger partial charge in [-0.05, 0) is 56.1 Å². The van der Waals surface area contributed by atoms with Gasteiger partial charge in [-0.15, -0.1) is 0 Å². The highest BCUT2D eigenvalue weighted by atomic mass is 16.5. The molecule has 1 aliphatic heterocycles. The number of ether oxygens (including phenoxy) is 1. The first-order chi connectivity index (χ1) is 12.8. The fourth-order valence-electron chi connectivity index (χ4n) is 3.91. The van der Waals surface area contributed by atoms with E-state index in [9.17, 15) is 0 Å². The Morgan fingerprint density at radius 3 is 2.58 bits per heavy atom. The van der Waals surface area contributed by atoms with Crippen LogP contribution in [0, 0.1) is 6.92 Å². The Morgan fingerprint density at radius 1 is 1.00 bits per heavy atom. The SMILES string of the molecule is Cc1ccc2ccc(COCC3(c4ccccc4)CCNCC3)nc2c1. The lowest BCUT2D eigenvalue weighted by molar-refractivity contribution is 0.0550. The van der Waals surface area contributed by atoms with Gasteiger partial charge in [0.1, 0.15) is 0 Å². The third-order valence-electron chi connectivity index (χ3n) is 5.48. The van der Waals surface area contributed by atoms with Crippen molar-refractivity contribution in [3.05, 3.63) is 77.5 Å². The summed E-state index contributed by atoms with van der Waals surface area (Å²) in [5, 5.41) is 4.65. The Hall–Kier alpha value is -2.23. The molecule has 0 saturated carbocycles. The summed E-state index contributed by atoms with van der Waals surface area (Å²) in [7, 11) is 0. The molecule has 0 unspecified atom stereocenters. The molecule has 0 bridgehead atoms. The van der Waals surface area contributed by atoms with E-state index in [2.05, 4.69) is 72.9 Å². The van der Waals surface area contributed by atoms with Crippen LogP contribution in [0.15, 0.2) is 60.7 Å². The zero-order chi connectivity index (χ0) is 17.8. The van der Waals surface area contributed by atoms with Crippen LogP contribution in [0.25, 0.3) is 10.9 Å². The smallest absolute Gasteiger partial charge is 0.0888 e. The van der Waals surface area contributed by atoms with Crippen molar-refractivity contribution in [3.63, 3.8) is 0 Å². The van der Waals surface area contributed by atoms with Crippen LogP contribution in [0.5, 0.6) is 0 Å². The molecule has 1 fully saturated rings. The standard InChI is InChI=1S/C23H26N2O/c1-18-7-8-19-9-10-21(25-22(19)15-18)16-26-17-23(11-13-24-14-12-23)20-5-3-2-4-6-20/h2-10,15,24H,11-14,16-17H2,1H3. The van der Waals surface area contributed by atoms with Gasteiger partial charge in [0.2, 0.25) is 0 Å². The number of fused-ring (bicyclic) bond motifs is 1. The number of aryl methyl sites for hydroxylation is 1. The number of pyridine rings is 1. The molecule has 0 radical (unpaired) electrons. The van der Waals surface area contributed by atoms with Crippen LogP contribution in [0.1, 0.15) is 29.7 Å². The van der Waals surface area contributed by atoms with E-state index in [-0.39, 0.29) is 5.41 Å². The molecule has 0 amide bonds. The van der Waals surface area contributed by atoms with Gasteiger partial charge in [0.25, 0.3) is 0 Å². The van der Waals surface area contributed by atoms with Crippen LogP contribution in [0.3, 0.4) is 0 Å². The molecule has 26 heavy (non-hydrogen) atoms. The molecule has 3 heteroatoms. The molecule has 1 N–H and O–H groups in total. The van der Waals surface area contributed by atoms with Gasteiger partial charge >= 0.3 is 0 Å². The van der Waals surface area contributed by atoms with Crippen LogP contribution in [-0.4, -0.2) is 24.7 Å². The molecular formula is C23H26N2O. The molecule has 134 valence electrons.